The lowest BCUT2D eigenvalue weighted by atomic mass is 9.87. The quantitative estimate of drug-likeness (QED) is 0.807. The summed E-state index contributed by atoms with van der Waals surface area (Å²) in [6, 6.07) is 4.44. The van der Waals surface area contributed by atoms with E-state index in [1.165, 1.54) is 12.3 Å². The van der Waals surface area contributed by atoms with Crippen LogP contribution < -0.4 is 10.1 Å². The SMILES string of the molecule is O=C(Cn1cc(C(=O)O)nn1)NC1CCCc2cc(OC(F)F)ccc21. The maximum absolute atomic E-state index is 12.3. The number of amides is 1. The molecule has 1 amide bonds. The summed E-state index contributed by atoms with van der Waals surface area (Å²) in [5.41, 5.74) is 1.47. The van der Waals surface area contributed by atoms with Crippen molar-refractivity contribution in [2.75, 3.05) is 0 Å². The number of halogens is 2. The van der Waals surface area contributed by atoms with E-state index in [1.54, 1.807) is 12.1 Å². The Morgan fingerprint density at radius 3 is 2.92 bits per heavy atom. The Morgan fingerprint density at radius 2 is 2.23 bits per heavy atom. The van der Waals surface area contributed by atoms with Gasteiger partial charge in [-0.05, 0) is 42.5 Å². The van der Waals surface area contributed by atoms with Gasteiger partial charge in [0.1, 0.15) is 12.3 Å². The molecule has 1 aromatic carbocycles. The van der Waals surface area contributed by atoms with Gasteiger partial charge in [-0.15, -0.1) is 5.10 Å². The lowest BCUT2D eigenvalue weighted by Crippen LogP contribution is -2.33. The van der Waals surface area contributed by atoms with E-state index in [0.717, 1.165) is 22.2 Å². The Hall–Kier alpha value is -3.04. The number of nitrogens with one attached hydrogen (secondary N) is 1. The summed E-state index contributed by atoms with van der Waals surface area (Å²) in [6.45, 7) is -3.05. The van der Waals surface area contributed by atoms with Gasteiger partial charge >= 0.3 is 12.6 Å². The Bertz CT molecular complexity index is 824. The van der Waals surface area contributed by atoms with E-state index in [0.29, 0.717) is 12.8 Å². The number of carboxylic acids is 1. The van der Waals surface area contributed by atoms with Gasteiger partial charge in [-0.25, -0.2) is 9.48 Å². The molecule has 0 fully saturated rings. The first-order valence-corrected chi connectivity index (χ1v) is 7.93. The normalized spacial score (nSPS) is 16.2. The highest BCUT2D eigenvalue weighted by Gasteiger charge is 2.23. The number of aromatic nitrogens is 3. The topological polar surface area (TPSA) is 106 Å². The number of carbonyl (C=O) groups excluding carboxylic acids is 1. The van der Waals surface area contributed by atoms with Crippen molar-refractivity contribution in [3.63, 3.8) is 0 Å². The number of fused-ring (bicyclic) bond motifs is 1. The molecule has 0 bridgehead atoms. The number of aryl methyl sites for hydroxylation is 1. The van der Waals surface area contributed by atoms with E-state index in [2.05, 4.69) is 20.4 Å². The van der Waals surface area contributed by atoms with Gasteiger partial charge in [0, 0.05) is 0 Å². The van der Waals surface area contributed by atoms with E-state index in [4.69, 9.17) is 5.11 Å². The third kappa shape index (κ3) is 4.13. The van der Waals surface area contributed by atoms with Crippen LogP contribution in [0.3, 0.4) is 0 Å². The third-order valence-corrected chi connectivity index (χ3v) is 4.05. The molecule has 1 aromatic heterocycles. The number of hydrogen-bond acceptors (Lipinski definition) is 5. The van der Waals surface area contributed by atoms with Crippen molar-refractivity contribution in [2.45, 2.75) is 38.5 Å². The lowest BCUT2D eigenvalue weighted by Gasteiger charge is -2.27. The number of carbonyl (C=O) groups is 2. The maximum atomic E-state index is 12.3. The first-order valence-electron chi connectivity index (χ1n) is 7.93. The summed E-state index contributed by atoms with van der Waals surface area (Å²) in [5.74, 6) is -1.48. The summed E-state index contributed by atoms with van der Waals surface area (Å²) in [5, 5.41) is 18.7. The summed E-state index contributed by atoms with van der Waals surface area (Å²) < 4.78 is 30.2. The summed E-state index contributed by atoms with van der Waals surface area (Å²) >= 11 is 0. The molecule has 1 unspecified atom stereocenters. The molecule has 0 aliphatic heterocycles. The van der Waals surface area contributed by atoms with E-state index in [1.807, 2.05) is 0 Å². The molecule has 8 nitrogen and oxygen atoms in total. The molecule has 1 aliphatic rings. The van der Waals surface area contributed by atoms with E-state index in [9.17, 15) is 18.4 Å². The van der Waals surface area contributed by atoms with Crippen molar-refractivity contribution in [2.24, 2.45) is 0 Å². The predicted molar refractivity (Wildman–Crippen MR) is 83.9 cm³/mol. The van der Waals surface area contributed by atoms with E-state index < -0.39 is 12.6 Å². The molecule has 138 valence electrons. The molecule has 10 heteroatoms. The average molecular weight is 366 g/mol. The van der Waals surface area contributed by atoms with Crippen molar-refractivity contribution >= 4 is 11.9 Å². The molecule has 3 rings (SSSR count). The van der Waals surface area contributed by atoms with Gasteiger partial charge in [-0.3, -0.25) is 4.79 Å². The van der Waals surface area contributed by atoms with Crippen LogP contribution in [-0.4, -0.2) is 38.6 Å². The van der Waals surface area contributed by atoms with Crippen molar-refractivity contribution in [1.29, 1.82) is 0 Å². The van der Waals surface area contributed by atoms with Crippen LogP contribution in [0.15, 0.2) is 24.4 Å². The van der Waals surface area contributed by atoms with E-state index >= 15 is 0 Å². The maximum Gasteiger partial charge on any atom is 0.387 e. The number of carboxylic acid groups (broad SMARTS) is 1. The number of rotatable bonds is 6. The van der Waals surface area contributed by atoms with Gasteiger partial charge in [0.15, 0.2) is 5.69 Å². The Kier molecular flexibility index (Phi) is 5.10. The van der Waals surface area contributed by atoms with Crippen LogP contribution >= 0.6 is 0 Å². The van der Waals surface area contributed by atoms with Crippen LogP contribution in [0.4, 0.5) is 8.78 Å². The minimum atomic E-state index is -2.88. The zero-order valence-corrected chi connectivity index (χ0v) is 13.6. The molecular formula is C16H16F2N4O4. The zero-order valence-electron chi connectivity index (χ0n) is 13.6. The van der Waals surface area contributed by atoms with Gasteiger partial charge in [0.05, 0.1) is 12.2 Å². The highest BCUT2D eigenvalue weighted by Crippen LogP contribution is 2.32. The number of ether oxygens (including phenoxy) is 1. The van der Waals surface area contributed by atoms with Crippen molar-refractivity contribution in [3.05, 3.63) is 41.2 Å². The first-order chi connectivity index (χ1) is 12.4. The minimum absolute atomic E-state index is 0.0922. The molecule has 0 saturated carbocycles. The van der Waals surface area contributed by atoms with Crippen LogP contribution in [0.2, 0.25) is 0 Å². The van der Waals surface area contributed by atoms with Gasteiger partial charge in [0.2, 0.25) is 5.91 Å². The fourth-order valence-corrected chi connectivity index (χ4v) is 2.98. The minimum Gasteiger partial charge on any atom is -0.476 e. The number of alkyl halides is 2. The molecule has 1 heterocycles. The number of nitrogens with zero attached hydrogens (tertiary/aromatic N) is 3. The second-order valence-corrected chi connectivity index (χ2v) is 5.86. The van der Waals surface area contributed by atoms with Crippen LogP contribution in [0.1, 0.15) is 40.5 Å². The molecule has 2 N–H and O–H groups in total. The highest BCUT2D eigenvalue weighted by atomic mass is 19.3. The molecule has 0 spiro atoms. The monoisotopic (exact) mass is 366 g/mol. The Morgan fingerprint density at radius 1 is 1.42 bits per heavy atom. The summed E-state index contributed by atoms with van der Waals surface area (Å²) in [4.78, 5) is 23.0. The average Bonchev–Trinajstić information content (AvgIpc) is 3.03. The largest absolute Gasteiger partial charge is 0.476 e. The van der Waals surface area contributed by atoms with Gasteiger partial charge in [-0.1, -0.05) is 11.3 Å². The number of benzene rings is 1. The fraction of sp³-hybridized carbons (Fsp3) is 0.375. The molecule has 1 atom stereocenters. The van der Waals surface area contributed by atoms with Gasteiger partial charge < -0.3 is 15.2 Å². The predicted octanol–water partition coefficient (Wildman–Crippen LogP) is 1.77. The molecule has 2 aromatic rings. The molecule has 0 radical (unpaired) electrons. The van der Waals surface area contributed by atoms with Crippen LogP contribution in [0, 0.1) is 0 Å². The second-order valence-electron chi connectivity index (χ2n) is 5.86. The van der Waals surface area contributed by atoms with Crippen molar-refractivity contribution < 1.29 is 28.2 Å². The lowest BCUT2D eigenvalue weighted by molar-refractivity contribution is -0.122. The molecule has 0 saturated heterocycles. The summed E-state index contributed by atoms with van der Waals surface area (Å²) in [6.07, 6.45) is 3.39. The summed E-state index contributed by atoms with van der Waals surface area (Å²) in [7, 11) is 0. The molecular weight excluding hydrogens is 350 g/mol. The standard InChI is InChI=1S/C16H16F2N4O4/c17-16(18)26-10-4-5-11-9(6-10)2-1-3-12(11)19-14(23)8-22-7-13(15(24)25)20-21-22/h4-7,12,16H,1-3,8H2,(H,19,23)(H,24,25). The molecule has 26 heavy (non-hydrogen) atoms. The molecule has 1 aliphatic carbocycles. The van der Waals surface area contributed by atoms with Gasteiger partial charge in [-0.2, -0.15) is 8.78 Å². The Balaban J connectivity index is 1.67. The van der Waals surface area contributed by atoms with Crippen LogP contribution in [-0.2, 0) is 17.8 Å². The number of hydrogen-bond donors (Lipinski definition) is 2. The van der Waals surface area contributed by atoms with Crippen LogP contribution in [0.5, 0.6) is 5.75 Å². The van der Waals surface area contributed by atoms with Crippen molar-refractivity contribution in [1.82, 2.24) is 20.3 Å². The van der Waals surface area contributed by atoms with E-state index in [-0.39, 0.29) is 29.9 Å². The van der Waals surface area contributed by atoms with Gasteiger partial charge in [0.25, 0.3) is 0 Å². The fourth-order valence-electron chi connectivity index (χ4n) is 2.98. The van der Waals surface area contributed by atoms with Crippen molar-refractivity contribution in [3.8, 4) is 5.75 Å². The number of aromatic carboxylic acids is 1. The smallest absolute Gasteiger partial charge is 0.387 e. The third-order valence-electron chi connectivity index (χ3n) is 4.05. The highest BCUT2D eigenvalue weighted by molar-refractivity contribution is 5.84. The second kappa shape index (κ2) is 7.46. The first kappa shape index (κ1) is 17.8. The zero-order chi connectivity index (χ0) is 18.7. The van der Waals surface area contributed by atoms with Crippen LogP contribution in [0.25, 0.3) is 0 Å². The Labute approximate surface area is 146 Å².